The van der Waals surface area contributed by atoms with Crippen LogP contribution in [0.15, 0.2) is 72.8 Å². The van der Waals surface area contributed by atoms with Crippen LogP contribution in [0.3, 0.4) is 0 Å². The highest BCUT2D eigenvalue weighted by Crippen LogP contribution is 2.44. The van der Waals surface area contributed by atoms with Crippen LogP contribution in [-0.2, 0) is 14.3 Å². The Kier molecular flexibility index (Phi) is 5.38. The molecule has 0 bridgehead atoms. The number of aryl methyl sites for hydroxylation is 1. The molecule has 0 aromatic heterocycles. The van der Waals surface area contributed by atoms with Crippen molar-refractivity contribution < 1.29 is 19.4 Å². The van der Waals surface area contributed by atoms with Crippen molar-refractivity contribution in [3.8, 4) is 11.1 Å². The Morgan fingerprint density at radius 1 is 0.933 bits per heavy atom. The van der Waals surface area contributed by atoms with Crippen molar-refractivity contribution in [3.05, 3.63) is 95.1 Å². The Morgan fingerprint density at radius 3 is 2.00 bits per heavy atom. The van der Waals surface area contributed by atoms with Crippen molar-refractivity contribution in [2.75, 3.05) is 6.61 Å². The van der Waals surface area contributed by atoms with E-state index >= 15 is 0 Å². The SMILES string of the molecule is Cc1ccc(C(N)[C@@H](C(=O)O)C(=O)OCC2c3ccccc3-c3ccccc32)cc1. The highest BCUT2D eigenvalue weighted by atomic mass is 16.5. The van der Waals surface area contributed by atoms with E-state index in [1.807, 2.05) is 67.6 Å². The fraction of sp³-hybridized carbons (Fsp3) is 0.200. The lowest BCUT2D eigenvalue weighted by molar-refractivity contribution is -0.160. The van der Waals surface area contributed by atoms with Crippen molar-refractivity contribution in [1.29, 1.82) is 0 Å². The molecule has 1 aliphatic rings. The van der Waals surface area contributed by atoms with Gasteiger partial charge in [0.25, 0.3) is 0 Å². The van der Waals surface area contributed by atoms with Crippen LogP contribution >= 0.6 is 0 Å². The number of carbonyl (C=O) groups excluding carboxylic acids is 1. The number of rotatable bonds is 6. The number of hydrogen-bond donors (Lipinski definition) is 2. The van der Waals surface area contributed by atoms with E-state index in [1.165, 1.54) is 0 Å². The van der Waals surface area contributed by atoms with Gasteiger partial charge in [-0.3, -0.25) is 9.59 Å². The average molecular weight is 401 g/mol. The summed E-state index contributed by atoms with van der Waals surface area (Å²) in [6.07, 6.45) is 0. The van der Waals surface area contributed by atoms with Gasteiger partial charge in [-0.1, -0.05) is 78.4 Å². The molecule has 4 rings (SSSR count). The number of aliphatic carboxylic acids is 1. The van der Waals surface area contributed by atoms with Gasteiger partial charge in [0.1, 0.15) is 6.61 Å². The topological polar surface area (TPSA) is 89.6 Å². The Balaban J connectivity index is 1.54. The number of esters is 1. The number of fused-ring (bicyclic) bond motifs is 3. The minimum absolute atomic E-state index is 0.0667. The molecule has 3 N–H and O–H groups in total. The molecule has 0 heterocycles. The lowest BCUT2D eigenvalue weighted by Crippen LogP contribution is -2.36. The maximum Gasteiger partial charge on any atom is 0.322 e. The monoisotopic (exact) mass is 401 g/mol. The molecule has 30 heavy (non-hydrogen) atoms. The zero-order valence-corrected chi connectivity index (χ0v) is 16.6. The van der Waals surface area contributed by atoms with E-state index in [0.29, 0.717) is 5.56 Å². The van der Waals surface area contributed by atoms with Crippen LogP contribution in [-0.4, -0.2) is 23.7 Å². The van der Waals surface area contributed by atoms with Crippen LogP contribution in [0, 0.1) is 12.8 Å². The van der Waals surface area contributed by atoms with E-state index < -0.39 is 23.9 Å². The first kappa shape index (κ1) is 19.9. The Bertz CT molecular complexity index is 1040. The number of hydrogen-bond acceptors (Lipinski definition) is 4. The summed E-state index contributed by atoms with van der Waals surface area (Å²) in [6, 6.07) is 22.2. The van der Waals surface area contributed by atoms with Crippen LogP contribution in [0.1, 0.15) is 34.2 Å². The summed E-state index contributed by atoms with van der Waals surface area (Å²) in [4.78, 5) is 24.6. The summed E-state index contributed by atoms with van der Waals surface area (Å²) in [5.74, 6) is -3.72. The van der Waals surface area contributed by atoms with Gasteiger partial charge in [0, 0.05) is 5.92 Å². The van der Waals surface area contributed by atoms with Crippen molar-refractivity contribution in [1.82, 2.24) is 0 Å². The van der Waals surface area contributed by atoms with E-state index in [4.69, 9.17) is 10.5 Å². The van der Waals surface area contributed by atoms with Crippen LogP contribution in [0.4, 0.5) is 0 Å². The van der Waals surface area contributed by atoms with Crippen LogP contribution in [0.5, 0.6) is 0 Å². The summed E-state index contributed by atoms with van der Waals surface area (Å²) >= 11 is 0. The fourth-order valence-electron chi connectivity index (χ4n) is 4.08. The van der Waals surface area contributed by atoms with E-state index in [-0.39, 0.29) is 12.5 Å². The summed E-state index contributed by atoms with van der Waals surface area (Å²) in [6.45, 7) is 1.99. The first-order valence-corrected chi connectivity index (χ1v) is 9.87. The summed E-state index contributed by atoms with van der Waals surface area (Å²) in [5, 5.41) is 9.66. The highest BCUT2D eigenvalue weighted by Gasteiger charge is 2.36. The minimum Gasteiger partial charge on any atom is -0.481 e. The van der Waals surface area contributed by atoms with Gasteiger partial charge in [-0.05, 0) is 34.7 Å². The fourth-order valence-corrected chi connectivity index (χ4v) is 4.08. The first-order chi connectivity index (χ1) is 14.5. The quantitative estimate of drug-likeness (QED) is 0.480. The number of ether oxygens (including phenoxy) is 1. The van der Waals surface area contributed by atoms with Crippen molar-refractivity contribution in [3.63, 3.8) is 0 Å². The van der Waals surface area contributed by atoms with Gasteiger partial charge in [0.15, 0.2) is 5.92 Å². The zero-order chi connectivity index (χ0) is 21.3. The molecule has 152 valence electrons. The van der Waals surface area contributed by atoms with E-state index in [1.54, 1.807) is 12.1 Å². The van der Waals surface area contributed by atoms with Gasteiger partial charge >= 0.3 is 11.9 Å². The van der Waals surface area contributed by atoms with Gasteiger partial charge in [0.2, 0.25) is 0 Å². The van der Waals surface area contributed by atoms with Crippen LogP contribution in [0.25, 0.3) is 11.1 Å². The molecule has 0 amide bonds. The number of nitrogens with two attached hydrogens (primary N) is 1. The minimum atomic E-state index is -1.47. The Labute approximate surface area is 175 Å². The average Bonchev–Trinajstić information content (AvgIpc) is 3.06. The number of carbonyl (C=O) groups is 2. The van der Waals surface area contributed by atoms with Crippen molar-refractivity contribution in [2.45, 2.75) is 18.9 Å². The standard InChI is InChI=1S/C25H23NO4/c1-15-10-12-16(13-11-15)23(26)22(24(27)28)25(29)30-14-21-19-8-4-2-6-17(19)18-7-3-5-9-20(18)21/h2-13,21-23H,14,26H2,1H3,(H,27,28)/t22-,23?/m0/s1. The summed E-state index contributed by atoms with van der Waals surface area (Å²) in [7, 11) is 0. The second-order valence-corrected chi connectivity index (χ2v) is 7.61. The van der Waals surface area contributed by atoms with E-state index in [9.17, 15) is 14.7 Å². The molecular weight excluding hydrogens is 378 g/mol. The molecule has 2 atom stereocenters. The number of carboxylic acid groups (broad SMARTS) is 1. The third-order valence-corrected chi connectivity index (χ3v) is 5.70. The number of carboxylic acids is 1. The molecule has 1 aliphatic carbocycles. The normalized spacial score (nSPS) is 14.5. The Hall–Kier alpha value is -3.44. The molecule has 0 saturated heterocycles. The summed E-state index contributed by atoms with van der Waals surface area (Å²) < 4.78 is 5.53. The molecule has 0 spiro atoms. The zero-order valence-electron chi connectivity index (χ0n) is 16.6. The van der Waals surface area contributed by atoms with Gasteiger partial charge in [-0.15, -0.1) is 0 Å². The van der Waals surface area contributed by atoms with Crippen molar-refractivity contribution in [2.24, 2.45) is 11.7 Å². The molecule has 3 aromatic carbocycles. The molecule has 3 aromatic rings. The third-order valence-electron chi connectivity index (χ3n) is 5.70. The maximum absolute atomic E-state index is 12.8. The molecule has 0 fully saturated rings. The lowest BCUT2D eigenvalue weighted by atomic mass is 9.93. The van der Waals surface area contributed by atoms with E-state index in [0.717, 1.165) is 27.8 Å². The predicted molar refractivity (Wildman–Crippen MR) is 114 cm³/mol. The molecule has 5 heteroatoms. The second kappa shape index (κ2) is 8.13. The largest absolute Gasteiger partial charge is 0.481 e. The van der Waals surface area contributed by atoms with Gasteiger partial charge < -0.3 is 15.6 Å². The molecule has 0 aliphatic heterocycles. The van der Waals surface area contributed by atoms with Gasteiger partial charge in [0.05, 0.1) is 6.04 Å². The van der Waals surface area contributed by atoms with E-state index in [2.05, 4.69) is 0 Å². The molecule has 5 nitrogen and oxygen atoms in total. The highest BCUT2D eigenvalue weighted by molar-refractivity contribution is 5.95. The van der Waals surface area contributed by atoms with Crippen molar-refractivity contribution >= 4 is 11.9 Å². The smallest absolute Gasteiger partial charge is 0.322 e. The van der Waals surface area contributed by atoms with Gasteiger partial charge in [-0.2, -0.15) is 0 Å². The van der Waals surface area contributed by atoms with Crippen LogP contribution < -0.4 is 5.73 Å². The lowest BCUT2D eigenvalue weighted by Gasteiger charge is -2.21. The number of benzene rings is 3. The maximum atomic E-state index is 12.8. The third kappa shape index (κ3) is 3.60. The summed E-state index contributed by atoms with van der Waals surface area (Å²) in [5.41, 5.74) is 12.1. The molecular formula is C25H23NO4. The van der Waals surface area contributed by atoms with Gasteiger partial charge in [-0.25, -0.2) is 0 Å². The Morgan fingerprint density at radius 2 is 1.47 bits per heavy atom. The van der Waals surface area contributed by atoms with Crippen LogP contribution in [0.2, 0.25) is 0 Å². The molecule has 1 unspecified atom stereocenters. The molecule has 0 radical (unpaired) electrons. The second-order valence-electron chi connectivity index (χ2n) is 7.61. The molecule has 0 saturated carbocycles. The first-order valence-electron chi connectivity index (χ1n) is 9.87. The predicted octanol–water partition coefficient (Wildman–Crippen LogP) is 4.05.